The zero-order valence-electron chi connectivity index (χ0n) is 34.0. The third kappa shape index (κ3) is 12.0. The predicted octanol–water partition coefficient (Wildman–Crippen LogP) is 11.5. The van der Waals surface area contributed by atoms with Gasteiger partial charge in [-0.1, -0.05) is 68.6 Å². The molecule has 0 heterocycles. The molecule has 300 valence electrons. The van der Waals surface area contributed by atoms with E-state index in [2.05, 4.69) is 25.1 Å². The average Bonchev–Trinajstić information content (AvgIpc) is 4.05. The number of ether oxygens (including phenoxy) is 2. The van der Waals surface area contributed by atoms with Crippen molar-refractivity contribution < 1.29 is 37.9 Å². The number of carbonyl (C=O) groups is 2. The molecule has 0 amide bonds. The van der Waals surface area contributed by atoms with Crippen molar-refractivity contribution in [3.63, 3.8) is 0 Å². The van der Waals surface area contributed by atoms with E-state index >= 15 is 0 Å². The van der Waals surface area contributed by atoms with Gasteiger partial charge in [0, 0.05) is 10.6 Å². The lowest BCUT2D eigenvalue weighted by atomic mass is 9.84. The summed E-state index contributed by atoms with van der Waals surface area (Å²) >= 11 is 6.35. The summed E-state index contributed by atoms with van der Waals surface area (Å²) in [5, 5.41) is 17.1. The highest BCUT2D eigenvalue weighted by Gasteiger charge is 2.33. The van der Waals surface area contributed by atoms with Gasteiger partial charge in [-0.2, -0.15) is 0 Å². The molecule has 0 saturated heterocycles. The van der Waals surface area contributed by atoms with Gasteiger partial charge in [0.05, 0.1) is 26.1 Å². The van der Waals surface area contributed by atoms with E-state index in [9.17, 15) is 18.4 Å². The number of esters is 2. The van der Waals surface area contributed by atoms with Gasteiger partial charge in [-0.25, -0.2) is 8.78 Å². The molecule has 0 spiro atoms. The molecule has 2 saturated carbocycles. The summed E-state index contributed by atoms with van der Waals surface area (Å²) in [5.41, 5.74) is 9.90. The molecule has 6 rings (SSSR count). The van der Waals surface area contributed by atoms with E-state index in [0.29, 0.717) is 46.4 Å². The highest BCUT2D eigenvalue weighted by molar-refractivity contribution is 6.44. The Kier molecular flexibility index (Phi) is 16.3. The third-order valence-corrected chi connectivity index (χ3v) is 10.7. The summed E-state index contributed by atoms with van der Waals surface area (Å²) in [7, 11) is -1.04. The van der Waals surface area contributed by atoms with E-state index in [0.717, 1.165) is 35.1 Å². The first-order valence-electron chi connectivity index (χ1n) is 19.7. The van der Waals surface area contributed by atoms with Crippen LogP contribution in [0.15, 0.2) is 60.7 Å². The van der Waals surface area contributed by atoms with Crippen LogP contribution in [0.1, 0.15) is 123 Å². The zero-order valence-corrected chi connectivity index (χ0v) is 34.7. The fourth-order valence-electron chi connectivity index (χ4n) is 6.97. The number of hydrogen-bond donors (Lipinski definition) is 2. The van der Waals surface area contributed by atoms with Gasteiger partial charge in [-0.3, -0.25) is 9.59 Å². The van der Waals surface area contributed by atoms with Crippen LogP contribution < -0.4 is 0 Å². The number of halogens is 3. The molecule has 2 fully saturated rings. The maximum atomic E-state index is 14.8. The van der Waals surface area contributed by atoms with Gasteiger partial charge >= 0.3 is 19.1 Å². The van der Waals surface area contributed by atoms with Gasteiger partial charge in [0.25, 0.3) is 0 Å². The molecule has 0 bridgehead atoms. The van der Waals surface area contributed by atoms with Crippen LogP contribution in [0.2, 0.25) is 10.8 Å². The van der Waals surface area contributed by atoms with Gasteiger partial charge < -0.3 is 19.5 Å². The average molecular weight is 789 g/mol. The predicted molar refractivity (Wildman–Crippen MR) is 222 cm³/mol. The second-order valence-electron chi connectivity index (χ2n) is 15.2. The molecule has 0 unspecified atom stereocenters. The molecule has 2 aliphatic carbocycles. The largest absolute Gasteiger partial charge is 0.466 e. The van der Waals surface area contributed by atoms with Crippen molar-refractivity contribution in [3.05, 3.63) is 116 Å². The number of hydrogen-bond acceptors (Lipinski definition) is 6. The lowest BCUT2D eigenvalue weighted by Crippen LogP contribution is -2.10. The van der Waals surface area contributed by atoms with Crippen LogP contribution in [-0.4, -0.2) is 42.3 Å². The SMILES string of the molecule is CCOC(=O)C[C@H](C)c1cc(-c2c(C)cccc2C2CC2)cc(C)c1F.CCOC(=O)C[C@H](C)c1cc(-c2c(C)cccc2Cl)cc(C)c1F.OB(O)C1CC1. The lowest BCUT2D eigenvalue weighted by molar-refractivity contribution is -0.144. The van der Waals surface area contributed by atoms with Crippen LogP contribution in [0.3, 0.4) is 0 Å². The molecular formula is C46H56BClF2O6. The molecule has 0 aromatic heterocycles. The Morgan fingerprint density at radius 3 is 1.55 bits per heavy atom. The summed E-state index contributed by atoms with van der Waals surface area (Å²) in [5.74, 6) is -0.752. The van der Waals surface area contributed by atoms with E-state index in [1.165, 1.54) is 29.5 Å². The molecule has 2 N–H and O–H groups in total. The maximum absolute atomic E-state index is 14.8. The molecule has 0 radical (unpaired) electrons. The molecule has 4 aromatic rings. The lowest BCUT2D eigenvalue weighted by Gasteiger charge is -2.18. The smallest absolute Gasteiger partial charge is 0.454 e. The first-order valence-corrected chi connectivity index (χ1v) is 20.1. The minimum atomic E-state index is -1.04. The van der Waals surface area contributed by atoms with Crippen LogP contribution in [0.4, 0.5) is 8.78 Å². The van der Waals surface area contributed by atoms with Crippen LogP contribution in [0.25, 0.3) is 22.3 Å². The molecule has 6 nitrogen and oxygen atoms in total. The zero-order chi connectivity index (χ0) is 41.3. The molecule has 10 heteroatoms. The summed E-state index contributed by atoms with van der Waals surface area (Å²) in [6, 6.07) is 19.6. The summed E-state index contributed by atoms with van der Waals surface area (Å²) in [6.07, 6.45) is 4.78. The number of rotatable bonds is 12. The van der Waals surface area contributed by atoms with Gasteiger partial charge in [-0.15, -0.1) is 0 Å². The standard InChI is InChI=1S/C23H27FO2.C20H22ClFO2.C3H7BO2/c1-5-26-21(25)12-15(3)20-13-18(11-16(4)23(20)24)22-14(2)7-6-8-19(22)17-9-10-17;1-5-24-18(23)10-13(3)16-11-15(9-14(4)20(16)22)19-12(2)7-6-8-17(19)21;5-4(6)3-1-2-3/h6-8,11,13,15,17H,5,9-10,12H2,1-4H3;6-9,11,13H,5,10H2,1-4H3;3,5-6H,1-2H2/t15-;13-;/m00./s1. The molecular weight excluding hydrogens is 733 g/mol. The Hall–Kier alpha value is -4.05. The summed E-state index contributed by atoms with van der Waals surface area (Å²) < 4.78 is 39.4. The normalized spacial score (nSPS) is 14.4. The first kappa shape index (κ1) is 44.7. The molecule has 0 aliphatic heterocycles. The number of aryl methyl sites for hydroxylation is 4. The highest BCUT2D eigenvalue weighted by Crippen LogP contribution is 2.46. The van der Waals surface area contributed by atoms with Crippen molar-refractivity contribution in [2.24, 2.45) is 0 Å². The Morgan fingerprint density at radius 1 is 0.714 bits per heavy atom. The number of benzene rings is 4. The number of carbonyl (C=O) groups excluding carboxylic acids is 2. The minimum Gasteiger partial charge on any atom is -0.466 e. The Labute approximate surface area is 336 Å². The molecule has 4 aromatic carbocycles. The summed E-state index contributed by atoms with van der Waals surface area (Å²) in [4.78, 5) is 23.6. The maximum Gasteiger partial charge on any atom is 0.454 e. The van der Waals surface area contributed by atoms with E-state index in [1.807, 2.05) is 51.1 Å². The fraction of sp³-hybridized carbons (Fsp3) is 0.435. The van der Waals surface area contributed by atoms with E-state index < -0.39 is 7.12 Å². The fourth-order valence-corrected chi connectivity index (χ4v) is 7.30. The van der Waals surface area contributed by atoms with Crippen LogP contribution in [0.5, 0.6) is 0 Å². The van der Waals surface area contributed by atoms with Crippen molar-refractivity contribution in [1.82, 2.24) is 0 Å². The van der Waals surface area contributed by atoms with Crippen molar-refractivity contribution in [2.45, 2.75) is 117 Å². The Morgan fingerprint density at radius 2 is 1.16 bits per heavy atom. The van der Waals surface area contributed by atoms with Crippen molar-refractivity contribution in [3.8, 4) is 22.3 Å². The van der Waals surface area contributed by atoms with E-state index in [-0.39, 0.29) is 54.1 Å². The first-order chi connectivity index (χ1) is 26.6. The van der Waals surface area contributed by atoms with Crippen molar-refractivity contribution >= 4 is 30.7 Å². The second-order valence-corrected chi connectivity index (χ2v) is 15.6. The molecule has 56 heavy (non-hydrogen) atoms. The highest BCUT2D eigenvalue weighted by atomic mass is 35.5. The van der Waals surface area contributed by atoms with Gasteiger partial charge in [0.15, 0.2) is 0 Å². The summed E-state index contributed by atoms with van der Waals surface area (Å²) in [6.45, 7) is 15.5. The monoisotopic (exact) mass is 788 g/mol. The van der Waals surface area contributed by atoms with Gasteiger partial charge in [0.1, 0.15) is 11.6 Å². The Bertz CT molecular complexity index is 1970. The van der Waals surface area contributed by atoms with Crippen LogP contribution >= 0.6 is 11.6 Å². The van der Waals surface area contributed by atoms with Crippen LogP contribution in [0, 0.1) is 39.3 Å². The van der Waals surface area contributed by atoms with Crippen LogP contribution in [-0.2, 0) is 19.1 Å². The molecule has 2 aliphatic rings. The second kappa shape index (κ2) is 20.4. The quantitative estimate of drug-likeness (QED) is 0.110. The molecule has 2 atom stereocenters. The van der Waals surface area contributed by atoms with E-state index in [4.69, 9.17) is 31.1 Å². The minimum absolute atomic E-state index is 0.148. The van der Waals surface area contributed by atoms with Gasteiger partial charge in [-0.05, 0) is 164 Å². The Balaban J connectivity index is 0.000000216. The van der Waals surface area contributed by atoms with Crippen molar-refractivity contribution in [1.29, 1.82) is 0 Å². The topological polar surface area (TPSA) is 93.1 Å². The van der Waals surface area contributed by atoms with E-state index in [1.54, 1.807) is 39.8 Å². The third-order valence-electron chi connectivity index (χ3n) is 10.3. The van der Waals surface area contributed by atoms with Gasteiger partial charge in [0.2, 0.25) is 0 Å². The van der Waals surface area contributed by atoms with Crippen molar-refractivity contribution in [2.75, 3.05) is 13.2 Å².